The molecule has 0 radical (unpaired) electrons. The van der Waals surface area contributed by atoms with Gasteiger partial charge in [-0.05, 0) is 84.3 Å². The zero-order chi connectivity index (χ0) is 23.6. The van der Waals surface area contributed by atoms with Crippen LogP contribution in [0.4, 0.5) is 18.9 Å². The Balaban J connectivity index is 1.94. The molecule has 0 spiro atoms. The molecule has 1 aliphatic rings. The first-order valence-corrected chi connectivity index (χ1v) is 11.0. The largest absolute Gasteiger partial charge is 0.497 e. The van der Waals surface area contributed by atoms with E-state index >= 15 is 0 Å². The average molecular weight is 451 g/mol. The van der Waals surface area contributed by atoms with Crippen LogP contribution in [0.25, 0.3) is 22.3 Å². The van der Waals surface area contributed by atoms with Gasteiger partial charge in [0.25, 0.3) is 0 Å². The molecular formula is C27H25F3N2O. The molecule has 4 rings (SSSR count). The van der Waals surface area contributed by atoms with Crippen molar-refractivity contribution in [3.05, 3.63) is 71.3 Å². The number of piperidine rings is 1. The fraction of sp³-hybridized carbons (Fsp3) is 0.296. The van der Waals surface area contributed by atoms with Crippen molar-refractivity contribution in [1.82, 2.24) is 0 Å². The minimum Gasteiger partial charge on any atom is -0.497 e. The number of hydrogen-bond acceptors (Lipinski definition) is 3. The van der Waals surface area contributed by atoms with E-state index in [4.69, 9.17) is 4.74 Å². The van der Waals surface area contributed by atoms with Crippen molar-refractivity contribution in [1.29, 1.82) is 5.26 Å². The summed E-state index contributed by atoms with van der Waals surface area (Å²) >= 11 is 0. The second-order valence-electron chi connectivity index (χ2n) is 8.28. The molecule has 0 amide bonds. The molecule has 0 aliphatic carbocycles. The Labute approximate surface area is 192 Å². The predicted octanol–water partition coefficient (Wildman–Crippen LogP) is 7.22. The van der Waals surface area contributed by atoms with Gasteiger partial charge >= 0.3 is 6.18 Å². The molecule has 0 unspecified atom stereocenters. The highest BCUT2D eigenvalue weighted by atomic mass is 19.4. The topological polar surface area (TPSA) is 36.3 Å². The summed E-state index contributed by atoms with van der Waals surface area (Å²) in [7, 11) is 1.60. The van der Waals surface area contributed by atoms with Crippen LogP contribution in [0.1, 0.15) is 36.0 Å². The second kappa shape index (κ2) is 9.19. The molecule has 1 saturated heterocycles. The summed E-state index contributed by atoms with van der Waals surface area (Å²) < 4.78 is 44.7. The molecule has 33 heavy (non-hydrogen) atoms. The minimum absolute atomic E-state index is 0.573. The molecular weight excluding hydrogens is 425 g/mol. The van der Waals surface area contributed by atoms with E-state index in [0.29, 0.717) is 11.1 Å². The highest BCUT2D eigenvalue weighted by Gasteiger charge is 2.30. The number of alkyl halides is 3. The van der Waals surface area contributed by atoms with Crippen LogP contribution in [-0.4, -0.2) is 20.2 Å². The first-order chi connectivity index (χ1) is 15.8. The average Bonchev–Trinajstić information content (AvgIpc) is 2.83. The molecule has 0 N–H and O–H groups in total. The third-order valence-electron chi connectivity index (χ3n) is 6.27. The van der Waals surface area contributed by atoms with E-state index in [0.717, 1.165) is 71.8 Å². The summed E-state index contributed by atoms with van der Waals surface area (Å²) in [5, 5.41) is 10.0. The molecule has 3 aromatic carbocycles. The second-order valence-corrected chi connectivity index (χ2v) is 8.28. The fourth-order valence-corrected chi connectivity index (χ4v) is 4.52. The zero-order valence-electron chi connectivity index (χ0n) is 18.7. The van der Waals surface area contributed by atoms with Gasteiger partial charge in [0.1, 0.15) is 11.8 Å². The molecule has 1 aliphatic heterocycles. The monoisotopic (exact) mass is 450 g/mol. The summed E-state index contributed by atoms with van der Waals surface area (Å²) in [4.78, 5) is 2.25. The van der Waals surface area contributed by atoms with E-state index in [2.05, 4.69) is 11.0 Å². The molecule has 0 atom stereocenters. The fourth-order valence-electron chi connectivity index (χ4n) is 4.52. The summed E-state index contributed by atoms with van der Waals surface area (Å²) in [5.41, 5.74) is 4.75. The van der Waals surface area contributed by atoms with E-state index < -0.39 is 11.7 Å². The van der Waals surface area contributed by atoms with Crippen molar-refractivity contribution in [2.24, 2.45) is 0 Å². The Kier molecular flexibility index (Phi) is 6.33. The Morgan fingerprint density at radius 3 is 2.06 bits per heavy atom. The maximum atomic E-state index is 13.1. The highest BCUT2D eigenvalue weighted by Crippen LogP contribution is 2.42. The Morgan fingerprint density at radius 2 is 1.52 bits per heavy atom. The Bertz CT molecular complexity index is 1170. The van der Waals surface area contributed by atoms with Gasteiger partial charge in [-0.1, -0.05) is 24.3 Å². The van der Waals surface area contributed by atoms with Gasteiger partial charge in [-0.15, -0.1) is 0 Å². The molecule has 0 bridgehead atoms. The van der Waals surface area contributed by atoms with Gasteiger partial charge in [0.2, 0.25) is 0 Å². The molecule has 3 nitrogen and oxygen atoms in total. The minimum atomic E-state index is -4.40. The molecule has 170 valence electrons. The van der Waals surface area contributed by atoms with Gasteiger partial charge in [0, 0.05) is 13.1 Å². The lowest BCUT2D eigenvalue weighted by Gasteiger charge is -2.31. The van der Waals surface area contributed by atoms with Crippen molar-refractivity contribution >= 4 is 5.69 Å². The predicted molar refractivity (Wildman–Crippen MR) is 124 cm³/mol. The van der Waals surface area contributed by atoms with Crippen LogP contribution in [-0.2, 0) is 6.18 Å². The number of nitrogens with zero attached hydrogens (tertiary/aromatic N) is 2. The number of rotatable bonds is 4. The summed E-state index contributed by atoms with van der Waals surface area (Å²) in [6.07, 6.45) is -1.08. The maximum absolute atomic E-state index is 13.1. The third-order valence-corrected chi connectivity index (χ3v) is 6.27. The summed E-state index contributed by atoms with van der Waals surface area (Å²) in [6, 6.07) is 17.1. The number of hydrogen-bond donors (Lipinski definition) is 0. The lowest BCUT2D eigenvalue weighted by atomic mass is 9.86. The van der Waals surface area contributed by atoms with Crippen LogP contribution < -0.4 is 9.64 Å². The van der Waals surface area contributed by atoms with Crippen molar-refractivity contribution in [2.75, 3.05) is 25.1 Å². The van der Waals surface area contributed by atoms with Crippen molar-refractivity contribution in [3.63, 3.8) is 0 Å². The summed E-state index contributed by atoms with van der Waals surface area (Å²) in [6.45, 7) is 3.65. The maximum Gasteiger partial charge on any atom is 0.416 e. The number of ether oxygens (including phenoxy) is 1. The number of methoxy groups -OCH3 is 1. The van der Waals surface area contributed by atoms with Gasteiger partial charge in [-0.3, -0.25) is 0 Å². The molecule has 6 heteroatoms. The van der Waals surface area contributed by atoms with Crippen LogP contribution in [0.3, 0.4) is 0 Å². The summed E-state index contributed by atoms with van der Waals surface area (Å²) in [5.74, 6) is 0.719. The van der Waals surface area contributed by atoms with E-state index in [9.17, 15) is 18.4 Å². The van der Waals surface area contributed by atoms with Gasteiger partial charge in [0.05, 0.1) is 23.9 Å². The van der Waals surface area contributed by atoms with Gasteiger partial charge in [-0.2, -0.15) is 18.4 Å². The van der Waals surface area contributed by atoms with E-state index in [1.54, 1.807) is 7.11 Å². The van der Waals surface area contributed by atoms with Gasteiger partial charge in [0.15, 0.2) is 0 Å². The van der Waals surface area contributed by atoms with E-state index in [1.165, 1.54) is 18.6 Å². The zero-order valence-corrected chi connectivity index (χ0v) is 18.7. The molecule has 1 heterocycles. The molecule has 0 saturated carbocycles. The third kappa shape index (κ3) is 4.54. The Hall–Kier alpha value is -3.46. The standard InChI is InChI=1S/C27H25F3N2O/c1-18-24(17-31)25(32-14-4-3-5-15-32)16-23(19-8-12-22(33-2)13-9-19)26(18)20-6-10-21(11-7-20)27(28,29)30/h6-13,16H,3-5,14-15H2,1-2H3. The van der Waals surface area contributed by atoms with E-state index in [-0.39, 0.29) is 0 Å². The van der Waals surface area contributed by atoms with Crippen LogP contribution >= 0.6 is 0 Å². The molecule has 0 aromatic heterocycles. The number of halogens is 3. The van der Waals surface area contributed by atoms with Crippen LogP contribution in [0.2, 0.25) is 0 Å². The quantitative estimate of drug-likeness (QED) is 0.421. The van der Waals surface area contributed by atoms with Gasteiger partial charge < -0.3 is 9.64 Å². The first kappa shape index (κ1) is 22.7. The van der Waals surface area contributed by atoms with Crippen LogP contribution in [0, 0.1) is 18.3 Å². The van der Waals surface area contributed by atoms with Gasteiger partial charge in [-0.25, -0.2) is 0 Å². The Morgan fingerprint density at radius 1 is 0.909 bits per heavy atom. The normalized spacial score (nSPS) is 14.1. The molecule has 3 aromatic rings. The van der Waals surface area contributed by atoms with Crippen molar-refractivity contribution in [2.45, 2.75) is 32.4 Å². The van der Waals surface area contributed by atoms with Crippen LogP contribution in [0.5, 0.6) is 5.75 Å². The molecule has 1 fully saturated rings. The smallest absolute Gasteiger partial charge is 0.416 e. The number of benzene rings is 3. The number of anilines is 1. The van der Waals surface area contributed by atoms with Crippen LogP contribution in [0.15, 0.2) is 54.6 Å². The number of nitriles is 1. The lowest BCUT2D eigenvalue weighted by molar-refractivity contribution is -0.137. The highest BCUT2D eigenvalue weighted by molar-refractivity contribution is 5.91. The van der Waals surface area contributed by atoms with Crippen molar-refractivity contribution in [3.8, 4) is 34.1 Å². The lowest BCUT2D eigenvalue weighted by Crippen LogP contribution is -2.30. The van der Waals surface area contributed by atoms with Crippen molar-refractivity contribution < 1.29 is 17.9 Å². The first-order valence-electron chi connectivity index (χ1n) is 11.0. The van der Waals surface area contributed by atoms with E-state index in [1.807, 2.05) is 37.3 Å². The SMILES string of the molecule is COc1ccc(-c2cc(N3CCCCC3)c(C#N)c(C)c2-c2ccc(C(F)(F)F)cc2)cc1.